The molecule has 5 rings (SSSR count). The topological polar surface area (TPSA) is 78.1 Å². The van der Waals surface area contributed by atoms with Crippen molar-refractivity contribution < 1.29 is 14.3 Å². The molecular weight excluding hydrogens is 596 g/mol. The summed E-state index contributed by atoms with van der Waals surface area (Å²) in [6, 6.07) is 14.8. The number of thiazole rings is 1. The molecule has 0 saturated carbocycles. The Morgan fingerprint density at radius 1 is 1.11 bits per heavy atom. The van der Waals surface area contributed by atoms with Crippen molar-refractivity contribution in [2.75, 3.05) is 32.7 Å². The van der Waals surface area contributed by atoms with Crippen LogP contribution in [0.25, 0.3) is 11.8 Å². The van der Waals surface area contributed by atoms with Gasteiger partial charge in [-0.25, -0.2) is 9.79 Å². The maximum atomic E-state index is 14.3. The molecule has 1 atom stereocenters. The minimum atomic E-state index is -0.815. The summed E-state index contributed by atoms with van der Waals surface area (Å²) in [6.07, 6.45) is 3.22. The molecule has 0 amide bonds. The van der Waals surface area contributed by atoms with Gasteiger partial charge >= 0.3 is 5.97 Å². The summed E-state index contributed by atoms with van der Waals surface area (Å²) in [6.45, 7) is 8.08. The van der Waals surface area contributed by atoms with E-state index in [0.29, 0.717) is 43.4 Å². The number of rotatable bonds is 9. The van der Waals surface area contributed by atoms with Crippen molar-refractivity contribution in [3.8, 4) is 11.4 Å². The minimum Gasteiger partial charge on any atom is -0.496 e. The van der Waals surface area contributed by atoms with Crippen LogP contribution >= 0.6 is 22.9 Å². The van der Waals surface area contributed by atoms with Crippen molar-refractivity contribution in [3.63, 3.8) is 0 Å². The maximum Gasteiger partial charge on any atom is 0.338 e. The number of benzene rings is 2. The molecule has 3 heterocycles. The smallest absolute Gasteiger partial charge is 0.338 e. The number of nitrogens with zero attached hydrogens (tertiary/aromatic N) is 4. The molecule has 4 aromatic rings. The molecule has 1 aliphatic rings. The number of methoxy groups -OCH3 is 1. The summed E-state index contributed by atoms with van der Waals surface area (Å²) in [5, 5.41) is 0.464. The molecule has 0 unspecified atom stereocenters. The predicted octanol–water partition coefficient (Wildman–Crippen LogP) is 5.71. The lowest BCUT2D eigenvalue weighted by Crippen LogP contribution is -2.40. The van der Waals surface area contributed by atoms with E-state index in [0.717, 1.165) is 34.7 Å². The Hall–Kier alpha value is -4.08. The zero-order chi connectivity index (χ0) is 31.7. The molecule has 0 radical (unpaired) electrons. The summed E-state index contributed by atoms with van der Waals surface area (Å²) in [5.41, 5.74) is 6.43. The summed E-state index contributed by atoms with van der Waals surface area (Å²) in [7, 11) is 5.59. The number of ether oxygens (including phenoxy) is 2. The van der Waals surface area contributed by atoms with Crippen molar-refractivity contribution in [3.05, 3.63) is 107 Å². The zero-order valence-electron chi connectivity index (χ0n) is 26.1. The highest BCUT2D eigenvalue weighted by molar-refractivity contribution is 7.07. The number of carbonyl (C=O) groups excluding carboxylic acids is 1. The molecule has 2 aromatic heterocycles. The number of carbonyl (C=O) groups is 1. The zero-order valence-corrected chi connectivity index (χ0v) is 27.7. The average molecular weight is 633 g/mol. The molecule has 1 aliphatic heterocycles. The van der Waals surface area contributed by atoms with E-state index in [4.69, 9.17) is 26.1 Å². The monoisotopic (exact) mass is 632 g/mol. The lowest BCUT2D eigenvalue weighted by atomic mass is 9.93. The number of aryl methyl sites for hydroxylation is 1. The van der Waals surface area contributed by atoms with Crippen molar-refractivity contribution in [1.29, 1.82) is 0 Å². The first-order valence-electron chi connectivity index (χ1n) is 14.6. The highest BCUT2D eigenvalue weighted by atomic mass is 35.5. The van der Waals surface area contributed by atoms with Gasteiger partial charge in [-0.3, -0.25) is 9.36 Å². The van der Waals surface area contributed by atoms with Gasteiger partial charge in [0.05, 0.1) is 29.5 Å². The first-order valence-corrected chi connectivity index (χ1v) is 15.8. The number of allylic oxidation sites excluding steroid dienone is 1. The Balaban J connectivity index is 1.72. The SMILES string of the molecule is CCCC1=C(C(=O)OCC)[C@@H](c2cc(Cl)ccc2OC)n2c(s/c(=C\c3cc(C)n(-c4ccc(N(C)C)cc4)c3C)c2=O)=N1. The van der Waals surface area contributed by atoms with Crippen LogP contribution in [-0.2, 0) is 9.53 Å². The van der Waals surface area contributed by atoms with Crippen LogP contribution in [0, 0.1) is 13.8 Å². The summed E-state index contributed by atoms with van der Waals surface area (Å²) >= 11 is 7.77. The normalized spacial score (nSPS) is 14.8. The second kappa shape index (κ2) is 12.9. The van der Waals surface area contributed by atoms with E-state index in [1.807, 2.05) is 34.0 Å². The van der Waals surface area contributed by atoms with Crippen molar-refractivity contribution in [1.82, 2.24) is 9.13 Å². The lowest BCUT2D eigenvalue weighted by Gasteiger charge is -2.27. The fourth-order valence-electron chi connectivity index (χ4n) is 5.71. The molecule has 0 spiro atoms. The molecule has 0 bridgehead atoms. The molecule has 0 aliphatic carbocycles. The van der Waals surface area contributed by atoms with Gasteiger partial charge in [-0.1, -0.05) is 36.3 Å². The summed E-state index contributed by atoms with van der Waals surface area (Å²) in [5.74, 6) is 0.00203. The van der Waals surface area contributed by atoms with Crippen LogP contribution in [0.2, 0.25) is 5.02 Å². The third-order valence-corrected chi connectivity index (χ3v) is 8.98. The van der Waals surface area contributed by atoms with Gasteiger partial charge in [0, 0.05) is 47.4 Å². The Bertz CT molecular complexity index is 1930. The Morgan fingerprint density at radius 3 is 2.48 bits per heavy atom. The molecule has 10 heteroatoms. The molecular formula is C34H37ClN4O4S. The standard InChI is InChI=1S/C34H37ClN4O4S/c1-8-10-27-30(33(41)43-9-2)31(26-19-23(35)11-16-28(26)42-7)39-32(40)29(44-34(39)36-27)18-22-17-20(3)38(21(22)4)25-14-12-24(13-15-25)37(5)6/h11-19,31H,8-10H2,1-7H3/b29-18-/t31-/m1/s1. The van der Waals surface area contributed by atoms with Gasteiger partial charge in [-0.05, 0) is 87.4 Å². The molecule has 44 heavy (non-hydrogen) atoms. The molecule has 230 valence electrons. The third-order valence-electron chi connectivity index (χ3n) is 7.76. The molecule has 0 saturated heterocycles. The Labute approximate surface area is 266 Å². The van der Waals surface area contributed by atoms with Crippen LogP contribution in [0.15, 0.2) is 69.6 Å². The van der Waals surface area contributed by atoms with Gasteiger partial charge < -0.3 is 18.9 Å². The van der Waals surface area contributed by atoms with Gasteiger partial charge in [0.25, 0.3) is 5.56 Å². The van der Waals surface area contributed by atoms with E-state index in [1.54, 1.807) is 36.8 Å². The van der Waals surface area contributed by atoms with Crippen molar-refractivity contribution >= 4 is 40.7 Å². The van der Waals surface area contributed by atoms with E-state index < -0.39 is 12.0 Å². The van der Waals surface area contributed by atoms with E-state index >= 15 is 0 Å². The van der Waals surface area contributed by atoms with Gasteiger partial charge in [0.1, 0.15) is 11.8 Å². The number of fused-ring (bicyclic) bond motifs is 1. The third kappa shape index (κ3) is 5.74. The first kappa shape index (κ1) is 31.3. The fourth-order valence-corrected chi connectivity index (χ4v) is 6.90. The van der Waals surface area contributed by atoms with Crippen LogP contribution in [0.4, 0.5) is 5.69 Å². The van der Waals surface area contributed by atoms with E-state index in [9.17, 15) is 9.59 Å². The van der Waals surface area contributed by atoms with E-state index in [1.165, 1.54) is 11.3 Å². The number of hydrogen-bond donors (Lipinski definition) is 0. The number of aromatic nitrogens is 2. The second-order valence-electron chi connectivity index (χ2n) is 10.9. The van der Waals surface area contributed by atoms with Crippen LogP contribution in [0.1, 0.15) is 55.2 Å². The molecule has 8 nitrogen and oxygen atoms in total. The number of esters is 1. The minimum absolute atomic E-state index is 0.194. The number of anilines is 1. The molecule has 0 fully saturated rings. The molecule has 0 N–H and O–H groups in total. The fraction of sp³-hybridized carbons (Fsp3) is 0.324. The number of halogens is 1. The number of hydrogen-bond acceptors (Lipinski definition) is 7. The predicted molar refractivity (Wildman–Crippen MR) is 177 cm³/mol. The lowest BCUT2D eigenvalue weighted by molar-refractivity contribution is -0.139. The van der Waals surface area contributed by atoms with Gasteiger partial charge in [-0.15, -0.1) is 0 Å². The van der Waals surface area contributed by atoms with Crippen molar-refractivity contribution in [2.45, 2.75) is 46.6 Å². The van der Waals surface area contributed by atoms with E-state index in [2.05, 4.69) is 46.7 Å². The summed E-state index contributed by atoms with van der Waals surface area (Å²) < 4.78 is 15.5. The largest absolute Gasteiger partial charge is 0.496 e. The van der Waals surface area contributed by atoms with Gasteiger partial charge in [-0.2, -0.15) is 0 Å². The molecule has 2 aromatic carbocycles. The van der Waals surface area contributed by atoms with Crippen LogP contribution in [-0.4, -0.2) is 42.9 Å². The maximum absolute atomic E-state index is 14.3. The second-order valence-corrected chi connectivity index (χ2v) is 12.3. The van der Waals surface area contributed by atoms with Gasteiger partial charge in [0.15, 0.2) is 4.80 Å². The van der Waals surface area contributed by atoms with Gasteiger partial charge in [0.2, 0.25) is 0 Å². The highest BCUT2D eigenvalue weighted by Crippen LogP contribution is 2.38. The highest BCUT2D eigenvalue weighted by Gasteiger charge is 2.36. The Kier molecular flexibility index (Phi) is 9.18. The van der Waals surface area contributed by atoms with E-state index in [-0.39, 0.29) is 12.2 Å². The van der Waals surface area contributed by atoms with Crippen LogP contribution in [0.5, 0.6) is 5.75 Å². The van der Waals surface area contributed by atoms with Crippen molar-refractivity contribution in [2.24, 2.45) is 4.99 Å². The first-order chi connectivity index (χ1) is 21.1. The van der Waals surface area contributed by atoms with Crippen LogP contribution in [0.3, 0.4) is 0 Å². The quantitative estimate of drug-likeness (QED) is 0.221. The summed E-state index contributed by atoms with van der Waals surface area (Å²) in [4.78, 5) is 35.2. The van der Waals surface area contributed by atoms with Crippen LogP contribution < -0.4 is 24.5 Å². The Morgan fingerprint density at radius 2 is 1.84 bits per heavy atom. The average Bonchev–Trinajstić information content (AvgIpc) is 3.46.